The Morgan fingerprint density at radius 3 is 2.26 bits per heavy atom. The molecule has 0 atom stereocenters. The Morgan fingerprint density at radius 2 is 1.60 bits per heavy atom. The highest BCUT2D eigenvalue weighted by atomic mass is 32.2. The number of nitrogens with zero attached hydrogens (tertiary/aromatic N) is 1. The molecule has 0 fully saturated rings. The van der Waals surface area contributed by atoms with Gasteiger partial charge in [-0.1, -0.05) is 25.1 Å². The number of nitrogens with one attached hydrogen (secondary N) is 1. The molecule has 0 bridgehead atoms. The molecule has 0 unspecified atom stereocenters. The molecule has 0 aromatic heterocycles. The van der Waals surface area contributed by atoms with Gasteiger partial charge in [0.25, 0.3) is 10.0 Å². The molecule has 0 radical (unpaired) electrons. The van der Waals surface area contributed by atoms with Gasteiger partial charge in [-0.25, -0.2) is 21.2 Å². The summed E-state index contributed by atoms with van der Waals surface area (Å²) in [6.07, 6.45) is 1.37. The SMILES string of the molecule is CCS(=O)(=O)c1ccc(CC(=O)Nc2ccc3c(c2)N(S(=O)(=O)c2ccc(F)cc2)CCC3)cc1. The lowest BCUT2D eigenvalue weighted by molar-refractivity contribution is -0.115. The topological polar surface area (TPSA) is 101 Å². The predicted octanol–water partition coefficient (Wildman–Crippen LogP) is 3.94. The van der Waals surface area contributed by atoms with E-state index in [-0.39, 0.29) is 34.4 Å². The van der Waals surface area contributed by atoms with Crippen LogP contribution in [-0.2, 0) is 37.5 Å². The number of hydrogen-bond acceptors (Lipinski definition) is 5. The molecule has 0 saturated carbocycles. The van der Waals surface area contributed by atoms with E-state index in [2.05, 4.69) is 5.32 Å². The molecule has 35 heavy (non-hydrogen) atoms. The summed E-state index contributed by atoms with van der Waals surface area (Å²) in [7, 11) is -7.21. The summed E-state index contributed by atoms with van der Waals surface area (Å²) in [6, 6.07) is 16.0. The van der Waals surface area contributed by atoms with Crippen molar-refractivity contribution in [1.29, 1.82) is 0 Å². The van der Waals surface area contributed by atoms with Crippen molar-refractivity contribution in [3.05, 3.63) is 83.7 Å². The fourth-order valence-corrected chi connectivity index (χ4v) is 6.39. The number of anilines is 2. The quantitative estimate of drug-likeness (QED) is 0.513. The van der Waals surface area contributed by atoms with Crippen LogP contribution in [-0.4, -0.2) is 35.0 Å². The van der Waals surface area contributed by atoms with Gasteiger partial charge in [0.2, 0.25) is 5.91 Å². The van der Waals surface area contributed by atoms with Crippen LogP contribution in [0.2, 0.25) is 0 Å². The van der Waals surface area contributed by atoms with Crippen molar-refractivity contribution in [1.82, 2.24) is 0 Å². The molecule has 0 spiro atoms. The number of amides is 1. The minimum absolute atomic E-state index is 0.000933. The monoisotopic (exact) mass is 516 g/mol. The van der Waals surface area contributed by atoms with Crippen molar-refractivity contribution in [3.8, 4) is 0 Å². The summed E-state index contributed by atoms with van der Waals surface area (Å²) in [5.41, 5.74) is 2.41. The highest BCUT2D eigenvalue weighted by Crippen LogP contribution is 2.34. The van der Waals surface area contributed by atoms with E-state index < -0.39 is 25.7 Å². The predicted molar refractivity (Wildman–Crippen MR) is 132 cm³/mol. The molecule has 10 heteroatoms. The Morgan fingerprint density at radius 1 is 0.943 bits per heavy atom. The first-order valence-corrected chi connectivity index (χ1v) is 14.2. The molecule has 184 valence electrons. The third-order valence-corrected chi connectivity index (χ3v) is 9.45. The molecular formula is C25H25FN2O5S2. The number of sulfonamides is 1. The van der Waals surface area contributed by atoms with Gasteiger partial charge >= 0.3 is 0 Å². The molecule has 1 N–H and O–H groups in total. The van der Waals surface area contributed by atoms with Gasteiger partial charge in [0.05, 0.1) is 27.7 Å². The van der Waals surface area contributed by atoms with E-state index in [1.165, 1.54) is 28.6 Å². The molecule has 3 aromatic carbocycles. The van der Waals surface area contributed by atoms with Crippen molar-refractivity contribution >= 4 is 37.1 Å². The fraction of sp³-hybridized carbons (Fsp3) is 0.240. The number of benzene rings is 3. The van der Waals surface area contributed by atoms with E-state index in [9.17, 15) is 26.0 Å². The van der Waals surface area contributed by atoms with Crippen LogP contribution in [0.4, 0.5) is 15.8 Å². The zero-order chi connectivity index (χ0) is 25.2. The normalized spacial score (nSPS) is 13.8. The van der Waals surface area contributed by atoms with Crippen LogP contribution in [0.5, 0.6) is 0 Å². The van der Waals surface area contributed by atoms with Crippen molar-refractivity contribution in [2.45, 2.75) is 36.0 Å². The highest BCUT2D eigenvalue weighted by molar-refractivity contribution is 7.92. The summed E-state index contributed by atoms with van der Waals surface area (Å²) in [5.74, 6) is -0.839. The van der Waals surface area contributed by atoms with Crippen LogP contribution < -0.4 is 9.62 Å². The van der Waals surface area contributed by atoms with E-state index in [0.717, 1.165) is 17.7 Å². The largest absolute Gasteiger partial charge is 0.326 e. The van der Waals surface area contributed by atoms with Crippen LogP contribution in [0.3, 0.4) is 0 Å². The standard InChI is InChI=1S/C25H25FN2O5S2/c1-2-34(30,31)22-11-5-18(6-12-22)16-25(29)27-21-10-7-19-4-3-15-28(24(19)17-21)35(32,33)23-13-8-20(26)9-14-23/h5-14,17H,2-4,15-16H2,1H3,(H,27,29). The van der Waals surface area contributed by atoms with Gasteiger partial charge < -0.3 is 5.32 Å². The molecule has 1 amide bonds. The summed E-state index contributed by atoms with van der Waals surface area (Å²) >= 11 is 0. The van der Waals surface area contributed by atoms with E-state index in [0.29, 0.717) is 29.8 Å². The molecule has 0 saturated heterocycles. The van der Waals surface area contributed by atoms with Crippen molar-refractivity contribution in [2.24, 2.45) is 0 Å². The smallest absolute Gasteiger partial charge is 0.264 e. The average Bonchev–Trinajstić information content (AvgIpc) is 2.84. The van der Waals surface area contributed by atoms with Gasteiger partial charge in [0, 0.05) is 12.2 Å². The fourth-order valence-electron chi connectivity index (χ4n) is 3.97. The van der Waals surface area contributed by atoms with Crippen LogP contribution in [0.15, 0.2) is 76.5 Å². The van der Waals surface area contributed by atoms with Crippen LogP contribution >= 0.6 is 0 Å². The molecule has 7 nitrogen and oxygen atoms in total. The van der Waals surface area contributed by atoms with Gasteiger partial charge in [-0.05, 0) is 72.5 Å². The third-order valence-electron chi connectivity index (χ3n) is 5.87. The molecule has 1 aliphatic rings. The van der Waals surface area contributed by atoms with Gasteiger partial charge in [-0.3, -0.25) is 9.10 Å². The molecule has 1 aliphatic heterocycles. The van der Waals surface area contributed by atoms with E-state index in [4.69, 9.17) is 0 Å². The average molecular weight is 517 g/mol. The van der Waals surface area contributed by atoms with Crippen molar-refractivity contribution in [3.63, 3.8) is 0 Å². The molecule has 1 heterocycles. The van der Waals surface area contributed by atoms with Crippen LogP contribution in [0, 0.1) is 5.82 Å². The second kappa shape index (κ2) is 9.79. The minimum atomic E-state index is -3.90. The highest BCUT2D eigenvalue weighted by Gasteiger charge is 2.29. The second-order valence-electron chi connectivity index (χ2n) is 8.25. The Labute approximate surface area is 204 Å². The zero-order valence-corrected chi connectivity index (χ0v) is 20.7. The number of carbonyl (C=O) groups excluding carboxylic acids is 1. The van der Waals surface area contributed by atoms with Gasteiger partial charge in [-0.2, -0.15) is 0 Å². The first kappa shape index (κ1) is 24.9. The number of aryl methyl sites for hydroxylation is 1. The molecule has 4 rings (SSSR count). The Hall–Kier alpha value is -3.24. The molecular weight excluding hydrogens is 491 g/mol. The van der Waals surface area contributed by atoms with Gasteiger partial charge in [0.1, 0.15) is 5.82 Å². The number of hydrogen-bond donors (Lipinski definition) is 1. The van der Waals surface area contributed by atoms with Crippen molar-refractivity contribution < 1.29 is 26.0 Å². The van der Waals surface area contributed by atoms with Gasteiger partial charge in [-0.15, -0.1) is 0 Å². The maximum absolute atomic E-state index is 13.3. The number of sulfone groups is 1. The van der Waals surface area contributed by atoms with Crippen molar-refractivity contribution in [2.75, 3.05) is 21.9 Å². The first-order chi connectivity index (χ1) is 16.6. The number of halogens is 1. The third kappa shape index (κ3) is 5.38. The lowest BCUT2D eigenvalue weighted by atomic mass is 10.0. The lowest BCUT2D eigenvalue weighted by Crippen LogP contribution is -2.35. The summed E-state index contributed by atoms with van der Waals surface area (Å²) in [4.78, 5) is 12.8. The summed E-state index contributed by atoms with van der Waals surface area (Å²) in [6.45, 7) is 1.85. The first-order valence-electron chi connectivity index (χ1n) is 11.1. The van der Waals surface area contributed by atoms with E-state index in [1.807, 2.05) is 0 Å². The van der Waals surface area contributed by atoms with Gasteiger partial charge in [0.15, 0.2) is 9.84 Å². The summed E-state index contributed by atoms with van der Waals surface area (Å²) < 4.78 is 65.0. The number of rotatable bonds is 7. The summed E-state index contributed by atoms with van der Waals surface area (Å²) in [5, 5.41) is 2.79. The number of fused-ring (bicyclic) bond motifs is 1. The second-order valence-corrected chi connectivity index (χ2v) is 12.4. The Kier molecular flexibility index (Phi) is 6.95. The zero-order valence-electron chi connectivity index (χ0n) is 19.1. The lowest BCUT2D eigenvalue weighted by Gasteiger charge is -2.31. The molecule has 0 aliphatic carbocycles. The minimum Gasteiger partial charge on any atom is -0.326 e. The maximum atomic E-state index is 13.3. The Bertz CT molecular complexity index is 1450. The van der Waals surface area contributed by atoms with E-state index >= 15 is 0 Å². The van der Waals surface area contributed by atoms with Crippen LogP contribution in [0.25, 0.3) is 0 Å². The van der Waals surface area contributed by atoms with Crippen LogP contribution in [0.1, 0.15) is 24.5 Å². The Balaban J connectivity index is 1.53. The maximum Gasteiger partial charge on any atom is 0.264 e. The van der Waals surface area contributed by atoms with E-state index in [1.54, 1.807) is 37.3 Å². The number of carbonyl (C=O) groups is 1. The molecule has 3 aromatic rings.